The molecule has 1 fully saturated rings. The molecular weight excluding hydrogens is 366 g/mol. The SMILES string of the molecule is CC(=O)N/C(=C\c1ccccc1)C(=O)NCc1ccccc1CN1CCOCC1. The quantitative estimate of drug-likeness (QED) is 0.709. The Morgan fingerprint density at radius 2 is 1.66 bits per heavy atom. The largest absolute Gasteiger partial charge is 0.379 e. The number of hydrogen-bond donors (Lipinski definition) is 2. The number of benzene rings is 2. The second-order valence-corrected chi connectivity index (χ2v) is 6.99. The van der Waals surface area contributed by atoms with Gasteiger partial charge in [0, 0.05) is 33.1 Å². The summed E-state index contributed by atoms with van der Waals surface area (Å²) in [6.07, 6.45) is 1.68. The molecule has 1 heterocycles. The summed E-state index contributed by atoms with van der Waals surface area (Å²) >= 11 is 0. The van der Waals surface area contributed by atoms with Crippen LogP contribution in [-0.2, 0) is 27.4 Å². The van der Waals surface area contributed by atoms with Crippen LogP contribution in [0, 0.1) is 0 Å². The van der Waals surface area contributed by atoms with Gasteiger partial charge in [0.15, 0.2) is 0 Å². The Balaban J connectivity index is 1.68. The third-order valence-corrected chi connectivity index (χ3v) is 4.72. The molecule has 2 aromatic carbocycles. The number of amides is 2. The van der Waals surface area contributed by atoms with Crippen molar-refractivity contribution in [3.05, 3.63) is 77.0 Å². The lowest BCUT2D eigenvalue weighted by Crippen LogP contribution is -2.36. The minimum absolute atomic E-state index is 0.231. The van der Waals surface area contributed by atoms with Gasteiger partial charge in [0.25, 0.3) is 5.91 Å². The monoisotopic (exact) mass is 393 g/mol. The van der Waals surface area contributed by atoms with Gasteiger partial charge < -0.3 is 15.4 Å². The molecule has 0 bridgehead atoms. The number of rotatable bonds is 7. The first-order chi connectivity index (χ1) is 14.1. The van der Waals surface area contributed by atoms with Crippen LogP contribution in [0.5, 0.6) is 0 Å². The molecule has 2 amide bonds. The highest BCUT2D eigenvalue weighted by Crippen LogP contribution is 2.13. The molecule has 0 saturated carbocycles. The number of nitrogens with zero attached hydrogens (tertiary/aromatic N) is 1. The number of nitrogens with one attached hydrogen (secondary N) is 2. The first kappa shape index (κ1) is 20.8. The van der Waals surface area contributed by atoms with Gasteiger partial charge in [-0.05, 0) is 22.8 Å². The molecule has 0 aliphatic carbocycles. The zero-order valence-electron chi connectivity index (χ0n) is 16.7. The minimum atomic E-state index is -0.315. The van der Waals surface area contributed by atoms with Gasteiger partial charge in [-0.3, -0.25) is 14.5 Å². The molecule has 0 unspecified atom stereocenters. The summed E-state index contributed by atoms with van der Waals surface area (Å²) < 4.78 is 5.41. The second kappa shape index (κ2) is 10.5. The topological polar surface area (TPSA) is 70.7 Å². The van der Waals surface area contributed by atoms with Crippen LogP contribution in [0.4, 0.5) is 0 Å². The van der Waals surface area contributed by atoms with Crippen molar-refractivity contribution in [2.75, 3.05) is 26.3 Å². The van der Waals surface area contributed by atoms with Crippen molar-refractivity contribution in [2.24, 2.45) is 0 Å². The lowest BCUT2D eigenvalue weighted by atomic mass is 10.1. The van der Waals surface area contributed by atoms with Gasteiger partial charge in [-0.15, -0.1) is 0 Å². The molecule has 6 nitrogen and oxygen atoms in total. The molecule has 0 spiro atoms. The van der Waals surface area contributed by atoms with Crippen LogP contribution in [0.25, 0.3) is 6.08 Å². The predicted molar refractivity (Wildman–Crippen MR) is 113 cm³/mol. The van der Waals surface area contributed by atoms with E-state index in [9.17, 15) is 9.59 Å². The van der Waals surface area contributed by atoms with Crippen molar-refractivity contribution < 1.29 is 14.3 Å². The highest BCUT2D eigenvalue weighted by Gasteiger charge is 2.15. The van der Waals surface area contributed by atoms with Crippen LogP contribution in [-0.4, -0.2) is 43.0 Å². The Bertz CT molecular complexity index is 859. The summed E-state index contributed by atoms with van der Waals surface area (Å²) in [5.41, 5.74) is 3.32. The van der Waals surface area contributed by atoms with Crippen molar-refractivity contribution in [1.82, 2.24) is 15.5 Å². The predicted octanol–water partition coefficient (Wildman–Crippen LogP) is 2.31. The lowest BCUT2D eigenvalue weighted by Gasteiger charge is -2.27. The van der Waals surface area contributed by atoms with Crippen molar-refractivity contribution in [3.8, 4) is 0 Å². The highest BCUT2D eigenvalue weighted by atomic mass is 16.5. The van der Waals surface area contributed by atoms with Crippen molar-refractivity contribution in [2.45, 2.75) is 20.0 Å². The number of hydrogen-bond acceptors (Lipinski definition) is 4. The third-order valence-electron chi connectivity index (χ3n) is 4.72. The zero-order chi connectivity index (χ0) is 20.5. The summed E-state index contributed by atoms with van der Waals surface area (Å²) in [6, 6.07) is 17.5. The Morgan fingerprint density at radius 1 is 1.00 bits per heavy atom. The molecule has 0 atom stereocenters. The summed E-state index contributed by atoms with van der Waals surface area (Å²) in [6.45, 7) is 5.94. The van der Waals surface area contributed by atoms with Crippen LogP contribution in [0.2, 0.25) is 0 Å². The first-order valence-electron chi connectivity index (χ1n) is 9.81. The molecule has 0 radical (unpaired) electrons. The smallest absolute Gasteiger partial charge is 0.268 e. The lowest BCUT2D eigenvalue weighted by molar-refractivity contribution is -0.122. The fourth-order valence-electron chi connectivity index (χ4n) is 3.22. The Labute approximate surface area is 171 Å². The maximum Gasteiger partial charge on any atom is 0.268 e. The van der Waals surface area contributed by atoms with Gasteiger partial charge in [-0.25, -0.2) is 0 Å². The Kier molecular flexibility index (Phi) is 7.55. The molecule has 2 N–H and O–H groups in total. The number of ether oxygens (including phenoxy) is 1. The van der Waals surface area contributed by atoms with E-state index >= 15 is 0 Å². The Morgan fingerprint density at radius 3 is 2.34 bits per heavy atom. The maximum atomic E-state index is 12.7. The number of carbonyl (C=O) groups is 2. The van der Waals surface area contributed by atoms with Gasteiger partial charge in [0.1, 0.15) is 5.70 Å². The van der Waals surface area contributed by atoms with E-state index in [0.29, 0.717) is 6.54 Å². The van der Waals surface area contributed by atoms with Crippen LogP contribution in [0.1, 0.15) is 23.6 Å². The summed E-state index contributed by atoms with van der Waals surface area (Å²) in [7, 11) is 0. The number of carbonyl (C=O) groups excluding carboxylic acids is 2. The fourth-order valence-corrected chi connectivity index (χ4v) is 3.22. The van der Waals surface area contributed by atoms with Crippen molar-refractivity contribution >= 4 is 17.9 Å². The molecule has 152 valence electrons. The van der Waals surface area contributed by atoms with Crippen LogP contribution >= 0.6 is 0 Å². The summed E-state index contributed by atoms with van der Waals surface area (Å²) in [5.74, 6) is -0.597. The van der Waals surface area contributed by atoms with Crippen molar-refractivity contribution in [1.29, 1.82) is 0 Å². The van der Waals surface area contributed by atoms with E-state index in [1.165, 1.54) is 12.5 Å². The van der Waals surface area contributed by atoms with E-state index in [4.69, 9.17) is 4.74 Å². The van der Waals surface area contributed by atoms with Crippen LogP contribution in [0.3, 0.4) is 0 Å². The van der Waals surface area contributed by atoms with Gasteiger partial charge in [0.05, 0.1) is 13.2 Å². The summed E-state index contributed by atoms with van der Waals surface area (Å²) in [5, 5.41) is 5.57. The van der Waals surface area contributed by atoms with Crippen LogP contribution in [0.15, 0.2) is 60.3 Å². The molecular formula is C23H27N3O3. The van der Waals surface area contributed by atoms with Gasteiger partial charge in [0.2, 0.25) is 5.91 Å². The number of morpholine rings is 1. The van der Waals surface area contributed by atoms with E-state index in [-0.39, 0.29) is 17.5 Å². The highest BCUT2D eigenvalue weighted by molar-refractivity contribution is 6.00. The second-order valence-electron chi connectivity index (χ2n) is 6.99. The van der Waals surface area contributed by atoms with E-state index in [2.05, 4.69) is 21.6 Å². The van der Waals surface area contributed by atoms with Crippen LogP contribution < -0.4 is 10.6 Å². The minimum Gasteiger partial charge on any atom is -0.379 e. The molecule has 0 aromatic heterocycles. The summed E-state index contributed by atoms with van der Waals surface area (Å²) in [4.78, 5) is 26.6. The van der Waals surface area contributed by atoms with Gasteiger partial charge >= 0.3 is 0 Å². The third kappa shape index (κ3) is 6.55. The Hall–Kier alpha value is -2.96. The average molecular weight is 393 g/mol. The fraction of sp³-hybridized carbons (Fsp3) is 0.304. The molecule has 1 aliphatic heterocycles. The normalized spacial score (nSPS) is 15.0. The maximum absolute atomic E-state index is 12.7. The molecule has 2 aromatic rings. The van der Waals surface area contributed by atoms with Crippen molar-refractivity contribution in [3.63, 3.8) is 0 Å². The molecule has 29 heavy (non-hydrogen) atoms. The first-order valence-corrected chi connectivity index (χ1v) is 9.81. The molecule has 1 aliphatic rings. The van der Waals surface area contributed by atoms with Gasteiger partial charge in [-0.2, -0.15) is 0 Å². The standard InChI is InChI=1S/C23H27N3O3/c1-18(27)25-22(15-19-7-3-2-4-8-19)23(28)24-16-20-9-5-6-10-21(20)17-26-11-13-29-14-12-26/h2-10,15H,11-14,16-17H2,1H3,(H,24,28)(H,25,27)/b22-15-. The molecule has 6 heteroatoms. The van der Waals surface area contributed by atoms with E-state index in [1.807, 2.05) is 48.5 Å². The zero-order valence-corrected chi connectivity index (χ0v) is 16.7. The van der Waals surface area contributed by atoms with E-state index in [0.717, 1.165) is 44.0 Å². The van der Waals surface area contributed by atoms with E-state index < -0.39 is 0 Å². The molecule has 3 rings (SSSR count). The van der Waals surface area contributed by atoms with Gasteiger partial charge in [-0.1, -0.05) is 54.6 Å². The van der Waals surface area contributed by atoms with E-state index in [1.54, 1.807) is 6.08 Å². The molecule has 1 saturated heterocycles. The average Bonchev–Trinajstić information content (AvgIpc) is 2.73.